The highest BCUT2D eigenvalue weighted by molar-refractivity contribution is 6.31. The van der Waals surface area contributed by atoms with Crippen LogP contribution < -0.4 is 14.8 Å². The molecule has 8 heteroatoms. The smallest absolute Gasteiger partial charge is 0.220 e. The number of aryl methyl sites for hydroxylation is 1. The van der Waals surface area contributed by atoms with Crippen molar-refractivity contribution in [2.75, 3.05) is 20.2 Å². The minimum Gasteiger partial charge on any atom is -0.504 e. The summed E-state index contributed by atoms with van der Waals surface area (Å²) in [7, 11) is 1.59. The van der Waals surface area contributed by atoms with Gasteiger partial charge in [-0.25, -0.2) is 0 Å². The van der Waals surface area contributed by atoms with E-state index in [0.717, 1.165) is 23.2 Å². The maximum Gasteiger partial charge on any atom is 0.220 e. The van der Waals surface area contributed by atoms with Crippen molar-refractivity contribution in [3.63, 3.8) is 0 Å². The number of hydrogen-bond donors (Lipinski definition) is 2. The molecule has 0 saturated carbocycles. The Bertz CT molecular complexity index is 1220. The van der Waals surface area contributed by atoms with Gasteiger partial charge in [0.15, 0.2) is 23.0 Å². The molecule has 0 radical (unpaired) electrons. The minimum atomic E-state index is -0.0633. The molecular formula is C26H26ClN3O4. The number of amides is 1. The van der Waals surface area contributed by atoms with Gasteiger partial charge in [-0.15, -0.1) is 0 Å². The molecule has 1 amide bonds. The van der Waals surface area contributed by atoms with Crippen LogP contribution in [0.3, 0.4) is 0 Å². The predicted molar refractivity (Wildman–Crippen MR) is 129 cm³/mol. The van der Waals surface area contributed by atoms with Crippen LogP contribution in [0.15, 0.2) is 54.9 Å². The lowest BCUT2D eigenvalue weighted by Gasteiger charge is -2.21. The Morgan fingerprint density at radius 1 is 1.18 bits per heavy atom. The highest BCUT2D eigenvalue weighted by Crippen LogP contribution is 2.40. The molecule has 3 heterocycles. The zero-order valence-electron chi connectivity index (χ0n) is 18.8. The molecule has 2 aliphatic rings. The number of phenols is 1. The van der Waals surface area contributed by atoms with Gasteiger partial charge in [0.05, 0.1) is 12.1 Å². The first-order valence-electron chi connectivity index (χ1n) is 11.3. The Balaban J connectivity index is 1.50. The number of fused-ring (bicyclic) bond motifs is 6. The van der Waals surface area contributed by atoms with Gasteiger partial charge in [-0.05, 0) is 53.4 Å². The predicted octanol–water partition coefficient (Wildman–Crippen LogP) is 4.27. The molecule has 176 valence electrons. The molecule has 2 N–H and O–H groups in total. The van der Waals surface area contributed by atoms with E-state index in [1.807, 2.05) is 24.3 Å². The van der Waals surface area contributed by atoms with Gasteiger partial charge in [-0.2, -0.15) is 0 Å². The molecule has 0 unspecified atom stereocenters. The van der Waals surface area contributed by atoms with Crippen LogP contribution in [0.1, 0.15) is 29.0 Å². The van der Waals surface area contributed by atoms with Crippen molar-refractivity contribution >= 4 is 17.5 Å². The van der Waals surface area contributed by atoms with Crippen LogP contribution in [0.2, 0.25) is 5.02 Å². The van der Waals surface area contributed by atoms with Crippen molar-refractivity contribution in [1.82, 2.24) is 15.2 Å². The summed E-state index contributed by atoms with van der Waals surface area (Å²) in [4.78, 5) is 19.2. The van der Waals surface area contributed by atoms with E-state index in [1.165, 1.54) is 0 Å². The number of methoxy groups -OCH3 is 1. The molecule has 4 bridgehead atoms. The van der Waals surface area contributed by atoms with Crippen LogP contribution in [-0.2, 0) is 17.8 Å². The third-order valence-electron chi connectivity index (χ3n) is 6.49. The summed E-state index contributed by atoms with van der Waals surface area (Å²) in [5.74, 6) is 1.52. The van der Waals surface area contributed by atoms with Gasteiger partial charge >= 0.3 is 0 Å². The number of aromatic nitrogens is 1. The number of likely N-dealkylation sites (tertiary alicyclic amines) is 1. The van der Waals surface area contributed by atoms with Crippen molar-refractivity contribution in [3.05, 3.63) is 76.6 Å². The molecule has 1 aromatic heterocycles. The first kappa shape index (κ1) is 22.5. The largest absolute Gasteiger partial charge is 0.504 e. The fourth-order valence-electron chi connectivity index (χ4n) is 4.73. The van der Waals surface area contributed by atoms with E-state index in [0.29, 0.717) is 48.2 Å². The highest BCUT2D eigenvalue weighted by atomic mass is 35.5. The van der Waals surface area contributed by atoms with Crippen LogP contribution >= 0.6 is 11.6 Å². The standard InChI is InChI=1S/C26H26ClN3O4/c1-33-23-6-4-17-11-25(23)34-24-10-16(2-5-22(24)31)3-7-26(32)29-21-15-30(14-19(17)21)13-18-8-9-28-12-20(18)27/h2,4-6,8-12,19,21,31H,3,7,13-15H2,1H3,(H,29,32)/t19-,21+/m0/s1. The van der Waals surface area contributed by atoms with Gasteiger partial charge in [0.2, 0.25) is 5.91 Å². The number of nitrogens with one attached hydrogen (secondary N) is 1. The molecule has 34 heavy (non-hydrogen) atoms. The lowest BCUT2D eigenvalue weighted by molar-refractivity contribution is -0.121. The number of benzene rings is 2. The molecule has 0 spiro atoms. The Morgan fingerprint density at radius 3 is 2.88 bits per heavy atom. The average Bonchev–Trinajstić information content (AvgIpc) is 3.22. The van der Waals surface area contributed by atoms with Crippen molar-refractivity contribution < 1.29 is 19.4 Å². The number of phenolic OH excluding ortho intramolecular Hbond substituents is 1. The molecule has 0 aliphatic carbocycles. The maximum atomic E-state index is 12.9. The summed E-state index contributed by atoms with van der Waals surface area (Å²) >= 11 is 6.35. The number of pyridine rings is 1. The van der Waals surface area contributed by atoms with E-state index in [-0.39, 0.29) is 23.6 Å². The molecule has 1 saturated heterocycles. The number of nitrogens with zero attached hydrogens (tertiary/aromatic N) is 2. The molecule has 2 aromatic carbocycles. The van der Waals surface area contributed by atoms with Gasteiger partial charge in [0.1, 0.15) is 0 Å². The first-order chi connectivity index (χ1) is 16.5. The fourth-order valence-corrected chi connectivity index (χ4v) is 4.91. The number of carbonyl (C=O) groups excluding carboxylic acids is 1. The summed E-state index contributed by atoms with van der Waals surface area (Å²) in [6, 6.07) is 12.8. The van der Waals surface area contributed by atoms with Crippen LogP contribution in [0.25, 0.3) is 0 Å². The van der Waals surface area contributed by atoms with E-state index in [4.69, 9.17) is 21.1 Å². The topological polar surface area (TPSA) is 83.9 Å². The zero-order valence-corrected chi connectivity index (χ0v) is 19.6. The number of ether oxygens (including phenoxy) is 2. The summed E-state index contributed by atoms with van der Waals surface area (Å²) in [6.45, 7) is 2.11. The van der Waals surface area contributed by atoms with Crippen LogP contribution in [-0.4, -0.2) is 47.1 Å². The second-order valence-electron chi connectivity index (χ2n) is 8.76. The summed E-state index contributed by atoms with van der Waals surface area (Å²) < 4.78 is 11.6. The van der Waals surface area contributed by atoms with Gasteiger partial charge in [-0.3, -0.25) is 14.7 Å². The number of halogens is 1. The molecular weight excluding hydrogens is 454 g/mol. The van der Waals surface area contributed by atoms with Crippen LogP contribution in [0, 0.1) is 0 Å². The first-order valence-corrected chi connectivity index (χ1v) is 11.7. The lowest BCUT2D eigenvalue weighted by atomic mass is 9.93. The molecule has 5 rings (SSSR count). The Kier molecular flexibility index (Phi) is 6.30. The van der Waals surface area contributed by atoms with Crippen LogP contribution in [0.4, 0.5) is 0 Å². The summed E-state index contributed by atoms with van der Waals surface area (Å²) in [6.07, 6.45) is 4.29. The fraction of sp³-hybridized carbons (Fsp3) is 0.308. The molecule has 2 atom stereocenters. The second-order valence-corrected chi connectivity index (χ2v) is 9.16. The van der Waals surface area contributed by atoms with Crippen molar-refractivity contribution in [2.45, 2.75) is 31.3 Å². The molecule has 1 fully saturated rings. The number of aromatic hydroxyl groups is 1. The van der Waals surface area contributed by atoms with Crippen molar-refractivity contribution in [3.8, 4) is 23.0 Å². The third-order valence-corrected chi connectivity index (χ3v) is 6.83. The monoisotopic (exact) mass is 479 g/mol. The normalized spacial score (nSPS) is 20.2. The SMILES string of the molecule is COc1ccc2cc1Oc1cc(ccc1O)CCC(=O)N[C@@H]1CN(Cc3ccncc3Cl)C[C@@H]21. The molecule has 7 nitrogen and oxygen atoms in total. The Labute approximate surface area is 203 Å². The van der Waals surface area contributed by atoms with Crippen LogP contribution in [0.5, 0.6) is 23.0 Å². The van der Waals surface area contributed by atoms with Crippen molar-refractivity contribution in [1.29, 1.82) is 0 Å². The lowest BCUT2D eigenvalue weighted by Crippen LogP contribution is -2.39. The maximum absolute atomic E-state index is 12.9. The van der Waals surface area contributed by atoms with E-state index >= 15 is 0 Å². The van der Waals surface area contributed by atoms with E-state index in [1.54, 1.807) is 37.7 Å². The quantitative estimate of drug-likeness (QED) is 0.583. The zero-order chi connectivity index (χ0) is 23.7. The van der Waals surface area contributed by atoms with Gasteiger partial charge < -0.3 is 19.9 Å². The average molecular weight is 480 g/mol. The van der Waals surface area contributed by atoms with E-state index in [9.17, 15) is 9.90 Å². The summed E-state index contributed by atoms with van der Waals surface area (Å²) in [5, 5.41) is 14.2. The second kappa shape index (κ2) is 9.52. The highest BCUT2D eigenvalue weighted by Gasteiger charge is 2.35. The number of carbonyl (C=O) groups is 1. The number of rotatable bonds is 3. The molecule has 3 aromatic rings. The van der Waals surface area contributed by atoms with Crippen molar-refractivity contribution in [2.24, 2.45) is 0 Å². The number of hydrogen-bond acceptors (Lipinski definition) is 6. The Morgan fingerprint density at radius 2 is 2.06 bits per heavy atom. The molecule has 2 aliphatic heterocycles. The third kappa shape index (κ3) is 4.67. The Hall–Kier alpha value is -3.29. The van der Waals surface area contributed by atoms with Gasteiger partial charge in [0.25, 0.3) is 0 Å². The summed E-state index contributed by atoms with van der Waals surface area (Å²) in [5.41, 5.74) is 2.94. The van der Waals surface area contributed by atoms with E-state index < -0.39 is 0 Å². The minimum absolute atomic E-state index is 0.00215. The van der Waals surface area contributed by atoms with Gasteiger partial charge in [0, 0.05) is 50.4 Å². The van der Waals surface area contributed by atoms with E-state index in [2.05, 4.69) is 15.2 Å². The van der Waals surface area contributed by atoms with Gasteiger partial charge in [-0.1, -0.05) is 23.7 Å².